The van der Waals surface area contributed by atoms with Crippen LogP contribution < -0.4 is 5.32 Å². The molecular weight excluding hydrogens is 323 g/mol. The highest BCUT2D eigenvalue weighted by Crippen LogP contribution is 2.22. The van der Waals surface area contributed by atoms with Gasteiger partial charge >= 0.3 is 0 Å². The van der Waals surface area contributed by atoms with Gasteiger partial charge in [-0.2, -0.15) is 10.1 Å². The van der Waals surface area contributed by atoms with Gasteiger partial charge in [0.15, 0.2) is 5.82 Å². The van der Waals surface area contributed by atoms with E-state index in [1.165, 1.54) is 0 Å². The molecule has 0 unspecified atom stereocenters. The van der Waals surface area contributed by atoms with E-state index in [9.17, 15) is 4.39 Å². The Labute approximate surface area is 144 Å². The number of halogens is 1. The van der Waals surface area contributed by atoms with E-state index in [1.807, 2.05) is 35.1 Å². The summed E-state index contributed by atoms with van der Waals surface area (Å²) >= 11 is 0. The fourth-order valence-corrected chi connectivity index (χ4v) is 3.41. The second-order valence-corrected chi connectivity index (χ2v) is 6.48. The Balaban J connectivity index is 1.36. The second kappa shape index (κ2) is 6.89. The minimum atomic E-state index is -0.809. The molecule has 1 saturated heterocycles. The largest absolute Gasteiger partial charge is 0.340 e. The van der Waals surface area contributed by atoms with Crippen molar-refractivity contribution in [1.29, 1.82) is 0 Å². The third kappa shape index (κ3) is 3.54. The number of pyridine rings is 1. The Morgan fingerprint density at radius 1 is 1.40 bits per heavy atom. The van der Waals surface area contributed by atoms with Crippen molar-refractivity contribution in [3.05, 3.63) is 47.9 Å². The quantitative estimate of drug-likeness (QED) is 0.734. The third-order valence-corrected chi connectivity index (χ3v) is 4.59. The van der Waals surface area contributed by atoms with Gasteiger partial charge in [0.05, 0.1) is 18.3 Å². The van der Waals surface area contributed by atoms with Gasteiger partial charge in [0.1, 0.15) is 6.17 Å². The van der Waals surface area contributed by atoms with Crippen molar-refractivity contribution in [2.75, 3.05) is 13.1 Å². The molecule has 0 aromatic carbocycles. The molecule has 0 radical (unpaired) electrons. The smallest absolute Gasteiger partial charge is 0.223 e. The summed E-state index contributed by atoms with van der Waals surface area (Å²) in [5.41, 5.74) is 2.22. The van der Waals surface area contributed by atoms with Gasteiger partial charge in [-0.05, 0) is 18.6 Å². The van der Waals surface area contributed by atoms with Crippen LogP contribution in [0.4, 0.5) is 4.39 Å². The van der Waals surface area contributed by atoms with Gasteiger partial charge in [-0.1, -0.05) is 11.2 Å². The van der Waals surface area contributed by atoms with E-state index < -0.39 is 6.17 Å². The topological polar surface area (TPSA) is 71.5 Å². The number of hydrogen-bond donors (Lipinski definition) is 1. The van der Waals surface area contributed by atoms with E-state index in [2.05, 4.69) is 25.5 Å². The molecule has 8 heteroatoms. The first-order valence-electron chi connectivity index (χ1n) is 8.48. The zero-order valence-corrected chi connectivity index (χ0v) is 14.1. The van der Waals surface area contributed by atoms with Crippen LogP contribution in [0.3, 0.4) is 0 Å². The number of hydrogen-bond acceptors (Lipinski definition) is 6. The molecule has 3 aromatic heterocycles. The first-order chi connectivity index (χ1) is 12.2. The third-order valence-electron chi connectivity index (χ3n) is 4.59. The fraction of sp³-hybridized carbons (Fsp3) is 0.471. The van der Waals surface area contributed by atoms with Crippen molar-refractivity contribution in [2.24, 2.45) is 0 Å². The number of nitrogens with one attached hydrogen (secondary N) is 1. The summed E-state index contributed by atoms with van der Waals surface area (Å²) in [4.78, 5) is 6.30. The van der Waals surface area contributed by atoms with Crippen LogP contribution in [0.5, 0.6) is 0 Å². The van der Waals surface area contributed by atoms with Crippen LogP contribution in [0.15, 0.2) is 35.1 Å². The maximum atomic E-state index is 13.9. The molecule has 0 spiro atoms. The molecule has 0 amide bonds. The van der Waals surface area contributed by atoms with Crippen LogP contribution >= 0.6 is 0 Å². The predicted octanol–water partition coefficient (Wildman–Crippen LogP) is 1.73. The highest BCUT2D eigenvalue weighted by atomic mass is 19.1. The molecule has 0 saturated carbocycles. The Morgan fingerprint density at radius 2 is 2.32 bits per heavy atom. The van der Waals surface area contributed by atoms with E-state index in [4.69, 9.17) is 4.52 Å². The van der Waals surface area contributed by atoms with Gasteiger partial charge in [-0.25, -0.2) is 8.91 Å². The lowest BCUT2D eigenvalue weighted by Crippen LogP contribution is -2.37. The van der Waals surface area contributed by atoms with Crippen LogP contribution in [0.2, 0.25) is 0 Å². The molecule has 1 aliphatic heterocycles. The lowest BCUT2D eigenvalue weighted by Gasteiger charge is -2.22. The average molecular weight is 344 g/mol. The molecule has 7 nitrogen and oxygen atoms in total. The number of alkyl halides is 1. The zero-order chi connectivity index (χ0) is 17.2. The Hall–Kier alpha value is -2.32. The first-order valence-corrected chi connectivity index (χ1v) is 8.48. The van der Waals surface area contributed by atoms with Crippen molar-refractivity contribution < 1.29 is 8.91 Å². The van der Waals surface area contributed by atoms with Crippen LogP contribution in [0, 0.1) is 6.92 Å². The molecule has 4 heterocycles. The molecule has 132 valence electrons. The number of likely N-dealkylation sites (tertiary alicyclic amines) is 1. The van der Waals surface area contributed by atoms with Crippen LogP contribution in [-0.4, -0.2) is 50.0 Å². The molecule has 0 aliphatic carbocycles. The summed E-state index contributed by atoms with van der Waals surface area (Å²) in [6.07, 6.45) is 3.52. The van der Waals surface area contributed by atoms with E-state index in [1.54, 1.807) is 6.92 Å². The number of aryl methyl sites for hydroxylation is 1. The highest BCUT2D eigenvalue weighted by Gasteiger charge is 2.32. The van der Waals surface area contributed by atoms with Gasteiger partial charge < -0.3 is 9.84 Å². The summed E-state index contributed by atoms with van der Waals surface area (Å²) in [5.74, 6) is 1.15. The van der Waals surface area contributed by atoms with Crippen LogP contribution in [0.25, 0.3) is 5.52 Å². The minimum Gasteiger partial charge on any atom is -0.340 e. The summed E-state index contributed by atoms with van der Waals surface area (Å²) < 4.78 is 20.8. The number of aromatic nitrogens is 4. The van der Waals surface area contributed by atoms with Crippen molar-refractivity contribution in [2.45, 2.75) is 38.6 Å². The Morgan fingerprint density at radius 3 is 3.16 bits per heavy atom. The normalized spacial score (nSPS) is 21.4. The van der Waals surface area contributed by atoms with Crippen molar-refractivity contribution in [1.82, 2.24) is 30.0 Å². The molecule has 1 N–H and O–H groups in total. The number of rotatable bonds is 6. The van der Waals surface area contributed by atoms with Gasteiger partial charge in [-0.15, -0.1) is 0 Å². The van der Waals surface area contributed by atoms with Gasteiger partial charge in [0.2, 0.25) is 5.89 Å². The van der Waals surface area contributed by atoms with E-state index in [0.717, 1.165) is 11.1 Å². The molecule has 0 bridgehead atoms. The van der Waals surface area contributed by atoms with Gasteiger partial charge in [-0.3, -0.25) is 4.90 Å². The summed E-state index contributed by atoms with van der Waals surface area (Å²) in [6, 6.07) is 6.12. The van der Waals surface area contributed by atoms with Crippen molar-refractivity contribution >= 4 is 5.52 Å². The van der Waals surface area contributed by atoms with E-state index in [-0.39, 0.29) is 6.04 Å². The lowest BCUT2D eigenvalue weighted by molar-refractivity contribution is 0.221. The number of fused-ring (bicyclic) bond motifs is 1. The van der Waals surface area contributed by atoms with Crippen LogP contribution in [-0.2, 0) is 13.1 Å². The SMILES string of the molecule is Cc1nc(CN2C[C@@H](F)C[C@H]2CNCc2cnn3ccccc23)no1. The van der Waals surface area contributed by atoms with E-state index in [0.29, 0.717) is 44.3 Å². The predicted molar refractivity (Wildman–Crippen MR) is 89.6 cm³/mol. The van der Waals surface area contributed by atoms with Crippen LogP contribution in [0.1, 0.15) is 23.7 Å². The van der Waals surface area contributed by atoms with E-state index >= 15 is 0 Å². The molecule has 1 aliphatic rings. The second-order valence-electron chi connectivity index (χ2n) is 6.48. The maximum Gasteiger partial charge on any atom is 0.223 e. The minimum absolute atomic E-state index is 0.121. The molecule has 4 rings (SSSR count). The first kappa shape index (κ1) is 16.2. The monoisotopic (exact) mass is 344 g/mol. The fourth-order valence-electron chi connectivity index (χ4n) is 3.41. The standard InChI is InChI=1S/C17H21FN6O/c1-12-21-17(22-25-12)11-23-10-14(18)6-15(23)9-19-7-13-8-20-24-5-3-2-4-16(13)24/h2-5,8,14-15,19H,6-7,9-11H2,1H3/t14-,15-/m0/s1. The number of nitrogens with zero attached hydrogens (tertiary/aromatic N) is 5. The Kier molecular flexibility index (Phi) is 4.46. The summed E-state index contributed by atoms with van der Waals surface area (Å²) in [7, 11) is 0. The molecule has 2 atom stereocenters. The molecule has 25 heavy (non-hydrogen) atoms. The summed E-state index contributed by atoms with van der Waals surface area (Å²) in [5, 5.41) is 11.7. The molecular formula is C17H21FN6O. The molecule has 3 aromatic rings. The van der Waals surface area contributed by atoms with Crippen molar-refractivity contribution in [3.8, 4) is 0 Å². The zero-order valence-electron chi connectivity index (χ0n) is 14.1. The Bertz CT molecular complexity index is 846. The average Bonchev–Trinajstić information content (AvgIpc) is 3.28. The summed E-state index contributed by atoms with van der Waals surface area (Å²) in [6.45, 7) is 4.10. The highest BCUT2D eigenvalue weighted by molar-refractivity contribution is 5.53. The van der Waals surface area contributed by atoms with Crippen molar-refractivity contribution in [3.63, 3.8) is 0 Å². The maximum absolute atomic E-state index is 13.9. The lowest BCUT2D eigenvalue weighted by atomic mass is 10.2. The van der Waals surface area contributed by atoms with Gasteiger partial charge in [0.25, 0.3) is 0 Å². The molecule has 1 fully saturated rings. The van der Waals surface area contributed by atoms with Gasteiger partial charge in [0, 0.05) is 44.4 Å².